The van der Waals surface area contributed by atoms with Gasteiger partial charge in [-0.2, -0.15) is 11.8 Å². The van der Waals surface area contributed by atoms with Crippen LogP contribution < -0.4 is 0 Å². The summed E-state index contributed by atoms with van der Waals surface area (Å²) in [7, 11) is 1.23. The third-order valence-electron chi connectivity index (χ3n) is 2.80. The van der Waals surface area contributed by atoms with Gasteiger partial charge in [0.2, 0.25) is 0 Å². The quantitative estimate of drug-likeness (QED) is 0.651. The average molecular weight is 220 g/mol. The van der Waals surface area contributed by atoms with E-state index in [1.54, 1.807) is 0 Å². The Balaban J connectivity index is 2.87. The van der Waals surface area contributed by atoms with Crippen LogP contribution in [0, 0.1) is 5.41 Å². The normalized spacial score (nSPS) is 20.7. The largest absolute Gasteiger partial charge is 0.166 e. The molecule has 1 aliphatic rings. The Kier molecular flexibility index (Phi) is 4.78. The number of hydrogen-bond acceptors (Lipinski definition) is 1. The molecule has 0 aromatic carbocycles. The van der Waals surface area contributed by atoms with Crippen LogP contribution in [-0.2, 0) is 0 Å². The van der Waals surface area contributed by atoms with Gasteiger partial charge in [0.1, 0.15) is 7.28 Å². The molecule has 1 rings (SSSR count). The molecule has 15 heavy (non-hydrogen) atoms. The zero-order valence-electron chi connectivity index (χ0n) is 10.3. The molecule has 0 N–H and O–H groups in total. The van der Waals surface area contributed by atoms with Crippen LogP contribution in [0.1, 0.15) is 13.8 Å². The van der Waals surface area contributed by atoms with Crippen molar-refractivity contribution in [1.82, 2.24) is 0 Å². The van der Waals surface area contributed by atoms with Crippen molar-refractivity contribution in [3.05, 3.63) is 36.0 Å². The molecule has 0 bridgehead atoms. The number of hydrogen-bond donors (Lipinski definition) is 0. The van der Waals surface area contributed by atoms with Crippen LogP contribution in [0.3, 0.4) is 0 Å². The number of thioether (sulfide) groups is 1. The third-order valence-corrected chi connectivity index (χ3v) is 3.53. The maximum atomic E-state index is 2.41. The van der Waals surface area contributed by atoms with Crippen molar-refractivity contribution in [2.45, 2.75) is 26.5 Å². The third kappa shape index (κ3) is 3.94. The van der Waals surface area contributed by atoms with Gasteiger partial charge in [0, 0.05) is 5.41 Å². The summed E-state index contributed by atoms with van der Waals surface area (Å²) in [6, 6.07) is 0. The minimum Gasteiger partial charge on any atom is -0.166 e. The molecule has 1 unspecified atom stereocenters. The Hall–Kier alpha value is -0.365. The topological polar surface area (TPSA) is 0 Å². The maximum absolute atomic E-state index is 2.41. The predicted molar refractivity (Wildman–Crippen MR) is 75.3 cm³/mol. The van der Waals surface area contributed by atoms with Gasteiger partial charge in [-0.3, -0.25) is 0 Å². The summed E-state index contributed by atoms with van der Waals surface area (Å²) in [5.74, 6) is 1.93. The lowest BCUT2D eigenvalue weighted by molar-refractivity contribution is 0.621. The zero-order valence-corrected chi connectivity index (χ0v) is 11.1. The van der Waals surface area contributed by atoms with Crippen LogP contribution in [-0.4, -0.2) is 19.3 Å². The second-order valence-electron chi connectivity index (χ2n) is 4.74. The van der Waals surface area contributed by atoms with Crippen LogP contribution >= 0.6 is 11.8 Å². The summed E-state index contributed by atoms with van der Waals surface area (Å²) in [5.41, 5.74) is 1.70. The highest BCUT2D eigenvalue weighted by Crippen LogP contribution is 2.30. The highest BCUT2D eigenvalue weighted by Gasteiger charge is 2.17. The molecule has 0 aromatic heterocycles. The first kappa shape index (κ1) is 12.7. The Bertz CT molecular complexity index is 287. The maximum Gasteiger partial charge on any atom is 0.127 e. The molecule has 1 atom stereocenters. The molecule has 0 spiro atoms. The molecule has 0 amide bonds. The van der Waals surface area contributed by atoms with Gasteiger partial charge in [0.15, 0.2) is 0 Å². The number of allylic oxidation sites excluding steroid dienone is 6. The molecular weight excluding hydrogens is 199 g/mol. The van der Waals surface area contributed by atoms with Crippen LogP contribution in [0.25, 0.3) is 0 Å². The number of rotatable bonds is 4. The smallest absolute Gasteiger partial charge is 0.127 e. The van der Waals surface area contributed by atoms with Gasteiger partial charge in [-0.1, -0.05) is 56.6 Å². The molecule has 2 heteroatoms. The van der Waals surface area contributed by atoms with Crippen molar-refractivity contribution >= 4 is 19.0 Å². The minimum atomic E-state index is 0.199. The highest BCUT2D eigenvalue weighted by atomic mass is 32.2. The van der Waals surface area contributed by atoms with Crippen LogP contribution in [0.15, 0.2) is 36.0 Å². The second-order valence-corrected chi connectivity index (χ2v) is 5.66. The van der Waals surface area contributed by atoms with Crippen molar-refractivity contribution in [1.29, 1.82) is 0 Å². The van der Waals surface area contributed by atoms with E-state index in [9.17, 15) is 0 Å². The summed E-state index contributed by atoms with van der Waals surface area (Å²) in [6.07, 6.45) is 13.5. The van der Waals surface area contributed by atoms with Gasteiger partial charge >= 0.3 is 0 Å². The standard InChI is InChI=1S/C13H21BS/c1-13(2)8-6-5-7-11(9-13)12(14-3)10-15-4/h5-9,12,14H,10H2,1-4H3. The van der Waals surface area contributed by atoms with Gasteiger partial charge in [-0.25, -0.2) is 0 Å². The summed E-state index contributed by atoms with van der Waals surface area (Å²) in [4.78, 5) is 0. The Morgan fingerprint density at radius 2 is 2.13 bits per heavy atom. The van der Waals surface area contributed by atoms with Gasteiger partial charge in [-0.15, -0.1) is 0 Å². The zero-order chi connectivity index (χ0) is 11.3. The van der Waals surface area contributed by atoms with Gasteiger partial charge in [-0.05, 0) is 17.8 Å². The van der Waals surface area contributed by atoms with Crippen LogP contribution in [0.2, 0.25) is 12.6 Å². The molecule has 0 radical (unpaired) electrons. The van der Waals surface area contributed by atoms with Crippen molar-refractivity contribution in [3.8, 4) is 0 Å². The molecule has 0 aromatic rings. The molecular formula is C13H21BS. The fourth-order valence-electron chi connectivity index (χ4n) is 1.90. The lowest BCUT2D eigenvalue weighted by Crippen LogP contribution is -2.09. The summed E-state index contributed by atoms with van der Waals surface area (Å²) < 4.78 is 0. The van der Waals surface area contributed by atoms with Crippen molar-refractivity contribution in [2.75, 3.05) is 12.0 Å². The molecule has 0 saturated carbocycles. The first-order chi connectivity index (χ1) is 7.09. The fourth-order valence-corrected chi connectivity index (χ4v) is 2.73. The SMILES string of the molecule is CBC(CSC)C1=CC(C)(C)C=CC=C1. The summed E-state index contributed by atoms with van der Waals surface area (Å²) in [5, 5.41) is 0. The van der Waals surface area contributed by atoms with E-state index in [1.807, 2.05) is 11.8 Å². The van der Waals surface area contributed by atoms with Crippen LogP contribution in [0.5, 0.6) is 0 Å². The average Bonchev–Trinajstić information content (AvgIpc) is 2.35. The summed E-state index contributed by atoms with van der Waals surface area (Å²) in [6.45, 7) is 6.81. The Morgan fingerprint density at radius 1 is 1.40 bits per heavy atom. The lowest BCUT2D eigenvalue weighted by Gasteiger charge is -2.20. The fraction of sp³-hybridized carbons (Fsp3) is 0.538. The summed E-state index contributed by atoms with van der Waals surface area (Å²) >= 11 is 1.94. The van der Waals surface area contributed by atoms with Crippen molar-refractivity contribution in [2.24, 2.45) is 5.41 Å². The molecule has 0 fully saturated rings. The van der Waals surface area contributed by atoms with E-state index in [4.69, 9.17) is 0 Å². The molecule has 0 aliphatic heterocycles. The van der Waals surface area contributed by atoms with Crippen LogP contribution in [0.4, 0.5) is 0 Å². The van der Waals surface area contributed by atoms with E-state index in [-0.39, 0.29) is 5.41 Å². The van der Waals surface area contributed by atoms with E-state index < -0.39 is 0 Å². The van der Waals surface area contributed by atoms with Crippen molar-refractivity contribution < 1.29 is 0 Å². The van der Waals surface area contributed by atoms with E-state index in [2.05, 4.69) is 57.3 Å². The van der Waals surface area contributed by atoms with E-state index in [1.165, 1.54) is 18.6 Å². The van der Waals surface area contributed by atoms with Gasteiger partial charge in [0.25, 0.3) is 0 Å². The minimum absolute atomic E-state index is 0.199. The van der Waals surface area contributed by atoms with Gasteiger partial charge < -0.3 is 0 Å². The van der Waals surface area contributed by atoms with E-state index >= 15 is 0 Å². The van der Waals surface area contributed by atoms with E-state index in [0.29, 0.717) is 5.82 Å². The second kappa shape index (κ2) is 5.65. The molecule has 0 saturated heterocycles. The van der Waals surface area contributed by atoms with Crippen molar-refractivity contribution in [3.63, 3.8) is 0 Å². The Labute approximate surface area is 99.2 Å². The molecule has 0 heterocycles. The molecule has 1 aliphatic carbocycles. The first-order valence-electron chi connectivity index (χ1n) is 5.66. The molecule has 82 valence electrons. The van der Waals surface area contributed by atoms with E-state index in [0.717, 1.165) is 0 Å². The lowest BCUT2D eigenvalue weighted by atomic mass is 9.63. The Morgan fingerprint density at radius 3 is 2.73 bits per heavy atom. The monoisotopic (exact) mass is 220 g/mol. The first-order valence-corrected chi connectivity index (χ1v) is 7.06. The predicted octanol–water partition coefficient (Wildman–Crippen LogP) is 3.70. The molecule has 0 nitrogen and oxygen atoms in total. The van der Waals surface area contributed by atoms with Gasteiger partial charge in [0.05, 0.1) is 0 Å². The highest BCUT2D eigenvalue weighted by molar-refractivity contribution is 7.98.